The van der Waals surface area contributed by atoms with E-state index >= 15 is 0 Å². The van der Waals surface area contributed by atoms with Crippen molar-refractivity contribution in [3.8, 4) is 22.5 Å². The lowest BCUT2D eigenvalue weighted by Gasteiger charge is -2.54. The summed E-state index contributed by atoms with van der Waals surface area (Å²) in [5.74, 6) is 0. The van der Waals surface area contributed by atoms with Crippen LogP contribution < -0.4 is 0 Å². The molecule has 6 rings (SSSR count). The maximum absolute atomic E-state index is 11.8. The molecule has 45 heavy (non-hydrogen) atoms. The molecule has 2 aliphatic rings. The van der Waals surface area contributed by atoms with Gasteiger partial charge in [0.15, 0.2) is 4.93 Å². The summed E-state index contributed by atoms with van der Waals surface area (Å²) in [7, 11) is 0. The Balaban J connectivity index is 1.36. The van der Waals surface area contributed by atoms with E-state index in [0.29, 0.717) is 11.4 Å². The van der Waals surface area contributed by atoms with E-state index in [-0.39, 0.29) is 0 Å². The molecule has 0 radical (unpaired) electrons. The predicted molar refractivity (Wildman–Crippen MR) is 162 cm³/mol. The van der Waals surface area contributed by atoms with Gasteiger partial charge in [0.05, 0.1) is 25.6 Å². The van der Waals surface area contributed by atoms with Crippen LogP contribution in [0.25, 0.3) is 22.5 Å². The fraction of sp³-hybridized carbons (Fsp3) is 0.467. The van der Waals surface area contributed by atoms with Crippen molar-refractivity contribution in [1.82, 2.24) is 30.0 Å². The second kappa shape index (κ2) is 12.5. The Morgan fingerprint density at radius 3 is 1.73 bits per heavy atom. The number of rotatable bonds is 7. The number of nitrogens with zero attached hydrogens (tertiary/aromatic N) is 6. The van der Waals surface area contributed by atoms with Crippen LogP contribution in [0.1, 0.15) is 23.2 Å². The van der Waals surface area contributed by atoms with Gasteiger partial charge < -0.3 is 40.1 Å². The number of aliphatic hydroxyl groups is 6. The third-order valence-corrected chi connectivity index (χ3v) is 9.40. The van der Waals surface area contributed by atoms with Crippen LogP contribution in [0.15, 0.2) is 60.9 Å². The summed E-state index contributed by atoms with van der Waals surface area (Å²) in [4.78, 5) is -2.10. The summed E-state index contributed by atoms with van der Waals surface area (Å²) in [5.41, 5.74) is 4.44. The molecule has 14 nitrogen and oxygen atoms in total. The maximum atomic E-state index is 11.8. The zero-order valence-corrected chi connectivity index (χ0v) is 25.4. The van der Waals surface area contributed by atoms with Gasteiger partial charge in [-0.05, 0) is 25.0 Å². The maximum Gasteiger partial charge on any atom is 0.168 e. The summed E-state index contributed by atoms with van der Waals surface area (Å²) in [5, 5.41) is 83.1. The first-order chi connectivity index (χ1) is 21.6. The molecule has 4 unspecified atom stereocenters. The van der Waals surface area contributed by atoms with E-state index in [1.54, 1.807) is 12.4 Å². The molecule has 2 fully saturated rings. The molecular formula is C30H36N6O8S. The van der Waals surface area contributed by atoms with E-state index in [1.807, 2.05) is 62.4 Å². The fourth-order valence-electron chi connectivity index (χ4n) is 6.28. The molecule has 0 aliphatic carbocycles. The standard InChI is InChI=1S/C30H36N6O8S/c1-15-7-3-5-9-17(15)19-11-35(33-31-19)23-25(39)21(13-37)43-29(27(23)41)30(45)28(42)24(26(40)22(14-38)44-30)36-12-20(32-34-36)18-10-6-4-8-16(18)2/h3-12,21-29,37-42,45H,13-14H2,1-2H3/t21?,22?,23-,24-,25-,26-,27?,28?,29-,30+/m0/s1. The Hall–Kier alpha value is -3.25. The molecule has 2 aromatic heterocycles. The van der Waals surface area contributed by atoms with E-state index in [9.17, 15) is 30.6 Å². The minimum absolute atomic E-state index is 0.484. The largest absolute Gasteiger partial charge is 0.394 e. The molecule has 4 heterocycles. The van der Waals surface area contributed by atoms with Crippen LogP contribution in [0.4, 0.5) is 0 Å². The van der Waals surface area contributed by atoms with Gasteiger partial charge in [0.1, 0.15) is 66.2 Å². The number of hydrogen-bond donors (Lipinski definition) is 7. The van der Waals surface area contributed by atoms with Crippen LogP contribution in [0.5, 0.6) is 0 Å². The fourth-order valence-corrected chi connectivity index (χ4v) is 6.79. The normalized spacial score (nSPS) is 33.8. The first-order valence-electron chi connectivity index (χ1n) is 14.5. The van der Waals surface area contributed by atoms with Crippen molar-refractivity contribution in [2.75, 3.05) is 13.2 Å². The Morgan fingerprint density at radius 2 is 1.22 bits per heavy atom. The Morgan fingerprint density at radius 1 is 0.733 bits per heavy atom. The number of aliphatic hydroxyl groups excluding tert-OH is 6. The highest BCUT2D eigenvalue weighted by Crippen LogP contribution is 2.47. The van der Waals surface area contributed by atoms with E-state index in [0.717, 1.165) is 22.3 Å². The third-order valence-electron chi connectivity index (χ3n) is 8.77. The highest BCUT2D eigenvalue weighted by Gasteiger charge is 2.62. The number of ether oxygens (including phenoxy) is 2. The quantitative estimate of drug-likeness (QED) is 0.132. The predicted octanol–water partition coefficient (Wildman–Crippen LogP) is -0.177. The van der Waals surface area contributed by atoms with Gasteiger partial charge in [0.2, 0.25) is 0 Å². The zero-order chi connectivity index (χ0) is 32.0. The molecule has 6 N–H and O–H groups in total. The van der Waals surface area contributed by atoms with Gasteiger partial charge in [-0.2, -0.15) is 0 Å². The van der Waals surface area contributed by atoms with Gasteiger partial charge in [-0.3, -0.25) is 0 Å². The molecule has 240 valence electrons. The van der Waals surface area contributed by atoms with E-state index < -0.39 is 73.0 Å². The van der Waals surface area contributed by atoms with Gasteiger partial charge in [0.25, 0.3) is 0 Å². The zero-order valence-electron chi connectivity index (χ0n) is 24.5. The average Bonchev–Trinajstić information content (AvgIpc) is 3.71. The van der Waals surface area contributed by atoms with Crippen LogP contribution in [0.3, 0.4) is 0 Å². The summed E-state index contributed by atoms with van der Waals surface area (Å²) in [6, 6.07) is 12.6. The van der Waals surface area contributed by atoms with Crippen molar-refractivity contribution in [1.29, 1.82) is 0 Å². The number of thiol groups is 1. The lowest BCUT2D eigenvalue weighted by molar-refractivity contribution is -0.297. The summed E-state index contributed by atoms with van der Waals surface area (Å²) < 4.78 is 14.5. The molecule has 2 aromatic carbocycles. The number of aryl methyl sites for hydroxylation is 2. The smallest absolute Gasteiger partial charge is 0.168 e. The van der Waals surface area contributed by atoms with Crippen LogP contribution >= 0.6 is 12.6 Å². The van der Waals surface area contributed by atoms with Gasteiger partial charge in [-0.25, -0.2) is 9.36 Å². The second-order valence-corrected chi connectivity index (χ2v) is 12.3. The molecule has 2 aliphatic heterocycles. The van der Waals surface area contributed by atoms with Crippen LogP contribution in [0.2, 0.25) is 0 Å². The van der Waals surface area contributed by atoms with Gasteiger partial charge in [-0.1, -0.05) is 59.0 Å². The van der Waals surface area contributed by atoms with Crippen LogP contribution in [-0.4, -0.2) is 122 Å². The van der Waals surface area contributed by atoms with E-state index in [2.05, 4.69) is 20.6 Å². The first kappa shape index (κ1) is 31.7. The number of hydrogen-bond acceptors (Lipinski definition) is 13. The Labute approximate surface area is 263 Å². The topological polar surface area (TPSA) is 201 Å². The second-order valence-electron chi connectivity index (χ2n) is 11.6. The molecule has 0 saturated carbocycles. The number of benzene rings is 2. The molecular weight excluding hydrogens is 604 g/mol. The third kappa shape index (κ3) is 5.47. The van der Waals surface area contributed by atoms with Gasteiger partial charge in [0, 0.05) is 11.1 Å². The van der Waals surface area contributed by atoms with Crippen molar-refractivity contribution < 1.29 is 40.1 Å². The lowest BCUT2D eigenvalue weighted by atomic mass is 9.83. The monoisotopic (exact) mass is 640 g/mol. The summed E-state index contributed by atoms with van der Waals surface area (Å²) >= 11 is 4.69. The highest BCUT2D eigenvalue weighted by atomic mass is 32.1. The Bertz CT molecular complexity index is 1640. The molecule has 10 atom stereocenters. The molecule has 15 heteroatoms. The highest BCUT2D eigenvalue weighted by molar-refractivity contribution is 7.81. The Kier molecular flexibility index (Phi) is 8.82. The van der Waals surface area contributed by atoms with Crippen LogP contribution in [-0.2, 0) is 9.47 Å². The average molecular weight is 641 g/mol. The van der Waals surface area contributed by atoms with Crippen molar-refractivity contribution in [2.24, 2.45) is 0 Å². The summed E-state index contributed by atoms with van der Waals surface area (Å²) in [6.45, 7) is 2.50. The molecule has 0 spiro atoms. The van der Waals surface area contributed by atoms with Crippen molar-refractivity contribution in [3.05, 3.63) is 72.1 Å². The molecule has 0 amide bonds. The lowest BCUT2D eigenvalue weighted by Crippen LogP contribution is -2.70. The minimum atomic E-state index is -2.10. The van der Waals surface area contributed by atoms with Crippen molar-refractivity contribution >= 4 is 12.6 Å². The molecule has 4 aromatic rings. The van der Waals surface area contributed by atoms with E-state index in [1.165, 1.54) is 9.36 Å². The first-order valence-corrected chi connectivity index (χ1v) is 15.0. The number of aromatic nitrogens is 6. The van der Waals surface area contributed by atoms with Crippen molar-refractivity contribution in [2.45, 2.75) is 73.6 Å². The molecule has 0 bridgehead atoms. The minimum Gasteiger partial charge on any atom is -0.394 e. The summed E-state index contributed by atoms with van der Waals surface area (Å²) in [6.07, 6.45) is -7.22. The van der Waals surface area contributed by atoms with E-state index in [4.69, 9.17) is 22.1 Å². The van der Waals surface area contributed by atoms with Crippen molar-refractivity contribution in [3.63, 3.8) is 0 Å². The molecule has 2 saturated heterocycles. The van der Waals surface area contributed by atoms with Crippen LogP contribution in [0, 0.1) is 13.8 Å². The van der Waals surface area contributed by atoms with Gasteiger partial charge >= 0.3 is 0 Å². The van der Waals surface area contributed by atoms with Gasteiger partial charge in [-0.15, -0.1) is 22.8 Å². The SMILES string of the molecule is Cc1ccccc1-c1cn([C@@H]2C(O)[C@@H]([C@@]3(S)OC(CO)[C@H](O)[C@H](n4cc(-c5ccccc5C)nn4)C3O)OC(CO)[C@@H]2O)nn1.